The molecule has 1 aliphatic rings. The lowest BCUT2D eigenvalue weighted by Crippen LogP contribution is -2.51. The predicted octanol–water partition coefficient (Wildman–Crippen LogP) is 0.699. The highest BCUT2D eigenvalue weighted by atomic mass is 16.4. The molecule has 114 valence electrons. The van der Waals surface area contributed by atoms with Gasteiger partial charge in [-0.2, -0.15) is 0 Å². The zero-order chi connectivity index (χ0) is 14.4. The third kappa shape index (κ3) is 4.26. The summed E-state index contributed by atoms with van der Waals surface area (Å²) in [6.07, 6.45) is 2.93. The van der Waals surface area contributed by atoms with Gasteiger partial charge in [-0.25, -0.2) is 0 Å². The molecule has 6 nitrogen and oxygen atoms in total. The van der Waals surface area contributed by atoms with E-state index in [-0.39, 0.29) is 6.61 Å². The first kappa shape index (κ1) is 15.4. The molecular formula is C14H26N4O2. The Morgan fingerprint density at radius 3 is 2.55 bits per heavy atom. The summed E-state index contributed by atoms with van der Waals surface area (Å²) in [5, 5.41) is 17.2. The molecule has 1 saturated heterocycles. The zero-order valence-corrected chi connectivity index (χ0v) is 12.6. The lowest BCUT2D eigenvalue weighted by atomic mass is 10.1. The van der Waals surface area contributed by atoms with Crippen molar-refractivity contribution in [2.75, 3.05) is 39.3 Å². The number of aliphatic hydroxyl groups excluding tert-OH is 1. The van der Waals surface area contributed by atoms with Gasteiger partial charge in [0, 0.05) is 45.6 Å². The van der Waals surface area contributed by atoms with Crippen molar-refractivity contribution in [1.82, 2.24) is 20.0 Å². The Hall–Kier alpha value is -0.980. The minimum atomic E-state index is 0.271. The van der Waals surface area contributed by atoms with E-state index in [0.717, 1.165) is 57.9 Å². The maximum absolute atomic E-state index is 9.34. The molecule has 2 heterocycles. The minimum absolute atomic E-state index is 0.271. The maximum atomic E-state index is 9.34. The minimum Gasteiger partial charge on any atom is -0.426 e. The van der Waals surface area contributed by atoms with E-state index in [1.54, 1.807) is 0 Å². The van der Waals surface area contributed by atoms with Gasteiger partial charge in [0.05, 0.1) is 6.61 Å². The van der Waals surface area contributed by atoms with Crippen LogP contribution in [0.2, 0.25) is 0 Å². The van der Waals surface area contributed by atoms with Crippen LogP contribution in [0.25, 0.3) is 0 Å². The number of aliphatic hydroxyl groups is 1. The fourth-order valence-corrected chi connectivity index (χ4v) is 2.75. The fraction of sp³-hybridized carbons (Fsp3) is 0.857. The van der Waals surface area contributed by atoms with Gasteiger partial charge >= 0.3 is 0 Å². The van der Waals surface area contributed by atoms with Gasteiger partial charge in [0.25, 0.3) is 0 Å². The Morgan fingerprint density at radius 1 is 1.25 bits per heavy atom. The van der Waals surface area contributed by atoms with Crippen molar-refractivity contribution in [1.29, 1.82) is 0 Å². The highest BCUT2D eigenvalue weighted by Gasteiger charge is 2.21. The second-order valence-electron chi connectivity index (χ2n) is 5.44. The molecule has 1 atom stereocenters. The number of nitrogens with zero attached hydrogens (tertiary/aromatic N) is 4. The fourth-order valence-electron chi connectivity index (χ4n) is 2.75. The molecule has 1 aromatic heterocycles. The largest absolute Gasteiger partial charge is 0.426 e. The maximum Gasteiger partial charge on any atom is 0.216 e. The summed E-state index contributed by atoms with van der Waals surface area (Å²) in [6, 6.07) is 0.332. The summed E-state index contributed by atoms with van der Waals surface area (Å²) in [7, 11) is 0. The average molecular weight is 282 g/mol. The summed E-state index contributed by atoms with van der Waals surface area (Å²) in [4.78, 5) is 4.88. The summed E-state index contributed by atoms with van der Waals surface area (Å²) in [6.45, 7) is 9.58. The average Bonchev–Trinajstić information content (AvgIpc) is 2.87. The smallest absolute Gasteiger partial charge is 0.216 e. The van der Waals surface area contributed by atoms with Crippen LogP contribution in [0, 0.1) is 6.92 Å². The third-order valence-corrected chi connectivity index (χ3v) is 4.04. The van der Waals surface area contributed by atoms with Crippen molar-refractivity contribution in [3.05, 3.63) is 11.8 Å². The van der Waals surface area contributed by atoms with Gasteiger partial charge in [-0.3, -0.25) is 4.90 Å². The molecule has 0 aliphatic carbocycles. The van der Waals surface area contributed by atoms with E-state index in [1.165, 1.54) is 0 Å². The van der Waals surface area contributed by atoms with Crippen molar-refractivity contribution in [3.8, 4) is 0 Å². The lowest BCUT2D eigenvalue weighted by molar-refractivity contribution is 0.0631. The first-order chi connectivity index (χ1) is 9.72. The first-order valence-electron chi connectivity index (χ1n) is 7.59. The number of hydrogen-bond acceptors (Lipinski definition) is 6. The van der Waals surface area contributed by atoms with Gasteiger partial charge < -0.3 is 14.4 Å². The molecule has 20 heavy (non-hydrogen) atoms. The molecule has 1 unspecified atom stereocenters. The third-order valence-electron chi connectivity index (χ3n) is 4.04. The molecule has 1 aliphatic heterocycles. The van der Waals surface area contributed by atoms with E-state index in [4.69, 9.17) is 4.42 Å². The van der Waals surface area contributed by atoms with Crippen LogP contribution in [0.1, 0.15) is 31.5 Å². The molecule has 1 aromatic rings. The predicted molar refractivity (Wildman–Crippen MR) is 76.5 cm³/mol. The molecule has 0 bridgehead atoms. The molecule has 1 N–H and O–H groups in total. The molecule has 6 heteroatoms. The van der Waals surface area contributed by atoms with Crippen molar-refractivity contribution in [2.45, 2.75) is 39.2 Å². The van der Waals surface area contributed by atoms with Crippen LogP contribution < -0.4 is 0 Å². The van der Waals surface area contributed by atoms with E-state index in [0.29, 0.717) is 11.9 Å². The number of rotatable bonds is 7. The van der Waals surface area contributed by atoms with E-state index < -0.39 is 0 Å². The Balaban J connectivity index is 1.64. The standard InChI is InChI=1S/C14H26N4O2/c1-3-13(11-19)18-9-7-17(8-10-18)6-4-5-14-16-15-12(2)20-14/h13,19H,3-11H2,1-2H3. The Kier molecular flexibility index (Phi) is 5.94. The van der Waals surface area contributed by atoms with E-state index in [9.17, 15) is 5.11 Å². The van der Waals surface area contributed by atoms with Crippen molar-refractivity contribution in [2.24, 2.45) is 0 Å². The molecule has 0 aromatic carbocycles. The summed E-state index contributed by atoms with van der Waals surface area (Å²) >= 11 is 0. The Bertz CT molecular complexity index is 384. The van der Waals surface area contributed by atoms with Gasteiger partial charge in [-0.15, -0.1) is 10.2 Å². The lowest BCUT2D eigenvalue weighted by Gasteiger charge is -2.38. The molecule has 1 fully saturated rings. The Morgan fingerprint density at radius 2 is 2.00 bits per heavy atom. The summed E-state index contributed by atoms with van der Waals surface area (Å²) < 4.78 is 5.37. The normalized spacial score (nSPS) is 19.4. The van der Waals surface area contributed by atoms with E-state index in [1.807, 2.05) is 6.92 Å². The van der Waals surface area contributed by atoms with Crippen LogP contribution in [-0.4, -0.2) is 70.5 Å². The summed E-state index contributed by atoms with van der Waals surface area (Å²) in [5.74, 6) is 1.38. The highest BCUT2D eigenvalue weighted by molar-refractivity contribution is 4.81. The van der Waals surface area contributed by atoms with Crippen LogP contribution in [0.3, 0.4) is 0 Å². The number of hydrogen-bond donors (Lipinski definition) is 1. The van der Waals surface area contributed by atoms with Crippen molar-refractivity contribution in [3.63, 3.8) is 0 Å². The van der Waals surface area contributed by atoms with Gasteiger partial charge in [0.15, 0.2) is 0 Å². The molecular weight excluding hydrogens is 256 g/mol. The highest BCUT2D eigenvalue weighted by Crippen LogP contribution is 2.10. The van der Waals surface area contributed by atoms with Crippen molar-refractivity contribution < 1.29 is 9.52 Å². The topological polar surface area (TPSA) is 65.6 Å². The molecule has 0 saturated carbocycles. The van der Waals surface area contributed by atoms with E-state index in [2.05, 4.69) is 26.9 Å². The Labute approximate surface area is 120 Å². The quantitative estimate of drug-likeness (QED) is 0.794. The molecule has 2 rings (SSSR count). The van der Waals surface area contributed by atoms with Gasteiger partial charge in [0.2, 0.25) is 11.8 Å². The van der Waals surface area contributed by atoms with Gasteiger partial charge in [0.1, 0.15) is 0 Å². The molecule has 0 radical (unpaired) electrons. The number of piperazine rings is 1. The SMILES string of the molecule is CCC(CO)N1CCN(CCCc2nnc(C)o2)CC1. The van der Waals surface area contributed by atoms with Crippen LogP contribution in [-0.2, 0) is 6.42 Å². The second kappa shape index (κ2) is 7.71. The van der Waals surface area contributed by atoms with Crippen LogP contribution >= 0.6 is 0 Å². The van der Waals surface area contributed by atoms with Gasteiger partial charge in [-0.05, 0) is 19.4 Å². The monoisotopic (exact) mass is 282 g/mol. The van der Waals surface area contributed by atoms with E-state index >= 15 is 0 Å². The first-order valence-corrected chi connectivity index (χ1v) is 7.59. The van der Waals surface area contributed by atoms with Crippen molar-refractivity contribution >= 4 is 0 Å². The number of aromatic nitrogens is 2. The second-order valence-corrected chi connectivity index (χ2v) is 5.44. The van der Waals surface area contributed by atoms with Crippen LogP contribution in [0.4, 0.5) is 0 Å². The molecule has 0 amide bonds. The zero-order valence-electron chi connectivity index (χ0n) is 12.6. The van der Waals surface area contributed by atoms with Crippen LogP contribution in [0.5, 0.6) is 0 Å². The summed E-state index contributed by atoms with van der Waals surface area (Å²) in [5.41, 5.74) is 0. The van der Waals surface area contributed by atoms with Crippen LogP contribution in [0.15, 0.2) is 4.42 Å². The number of aryl methyl sites for hydroxylation is 2. The molecule has 0 spiro atoms. The van der Waals surface area contributed by atoms with Gasteiger partial charge in [-0.1, -0.05) is 6.92 Å².